The maximum atomic E-state index is 12.1. The molecular weight excluding hydrogens is 600 g/mol. The highest BCUT2D eigenvalue weighted by Crippen LogP contribution is 2.32. The van der Waals surface area contributed by atoms with E-state index in [-0.39, 0.29) is 5.56 Å². The average molecular weight is 637 g/mol. The van der Waals surface area contributed by atoms with Gasteiger partial charge in [0.1, 0.15) is 11.3 Å². The highest BCUT2D eigenvalue weighted by atomic mass is 16.4. The van der Waals surface area contributed by atoms with Crippen LogP contribution in [0.2, 0.25) is 0 Å². The quantitative estimate of drug-likeness (QED) is 0.131. The number of nitrogens with zero attached hydrogens (tertiary/aromatic N) is 2. The van der Waals surface area contributed by atoms with E-state index in [1.165, 1.54) is 6.07 Å². The van der Waals surface area contributed by atoms with Crippen LogP contribution >= 0.6 is 0 Å². The number of rotatable bonds is 8. The summed E-state index contributed by atoms with van der Waals surface area (Å²) >= 11 is 0. The molecule has 2 aromatic carbocycles. The fraction of sp³-hybridized carbons (Fsp3) is 0.222. The summed E-state index contributed by atoms with van der Waals surface area (Å²) in [5, 5.41) is 30.5. The summed E-state index contributed by atoms with van der Waals surface area (Å²) in [5.74, 6) is -3.11. The number of aryl methyl sites for hydroxylation is 3. The fourth-order valence-corrected chi connectivity index (χ4v) is 5.95. The number of aromatic nitrogens is 4. The molecule has 0 unspecified atom stereocenters. The topological polar surface area (TPSA) is 170 Å². The number of aromatic hydroxyl groups is 1. The lowest BCUT2D eigenvalue weighted by molar-refractivity contribution is 0.0682. The molecule has 11 nitrogen and oxygen atoms in total. The first-order valence-electron chi connectivity index (χ1n) is 15.4. The summed E-state index contributed by atoms with van der Waals surface area (Å²) in [6.45, 7) is 9.64. The largest absolute Gasteiger partial charge is 0.506 e. The first kappa shape index (κ1) is 32.6. The predicted molar refractivity (Wildman–Crippen MR) is 182 cm³/mol. The summed E-state index contributed by atoms with van der Waals surface area (Å²) in [4.78, 5) is 51.7. The summed E-state index contributed by atoms with van der Waals surface area (Å²) < 4.78 is 4.25. The summed E-state index contributed by atoms with van der Waals surface area (Å²) in [5.41, 5.74) is 4.00. The molecule has 0 spiro atoms. The van der Waals surface area contributed by atoms with Gasteiger partial charge in [-0.15, -0.1) is 0 Å². The predicted octanol–water partition coefficient (Wildman–Crippen LogP) is 6.26. The van der Waals surface area contributed by atoms with Gasteiger partial charge in [0.25, 0.3) is 11.1 Å². The number of aromatic amines is 2. The first-order valence-corrected chi connectivity index (χ1v) is 15.4. The number of carboxylic acids is 2. The molecular formula is C36H36N4O7. The van der Waals surface area contributed by atoms with Gasteiger partial charge in [-0.2, -0.15) is 0 Å². The van der Waals surface area contributed by atoms with E-state index in [1.54, 1.807) is 6.92 Å². The third-order valence-electron chi connectivity index (χ3n) is 8.39. The van der Waals surface area contributed by atoms with Crippen LogP contribution < -0.4 is 11.1 Å². The maximum absolute atomic E-state index is 12.1. The van der Waals surface area contributed by atoms with Crippen molar-refractivity contribution in [2.45, 2.75) is 53.6 Å². The second-order valence-corrected chi connectivity index (χ2v) is 11.0. The number of carbonyl (C=O) groups is 2. The maximum Gasteiger partial charge on any atom is 0.345 e. The Morgan fingerprint density at radius 2 is 1.21 bits per heavy atom. The number of H-pyrrole nitrogens is 2. The molecule has 11 heteroatoms. The molecule has 0 aliphatic heterocycles. The molecule has 0 aliphatic carbocycles. The molecule has 0 saturated heterocycles. The van der Waals surface area contributed by atoms with Crippen LogP contribution in [0.15, 0.2) is 76.6 Å². The van der Waals surface area contributed by atoms with Gasteiger partial charge in [-0.25, -0.2) is 9.59 Å². The van der Waals surface area contributed by atoms with Crippen LogP contribution in [0, 0.1) is 0 Å². The highest BCUT2D eigenvalue weighted by Gasteiger charge is 2.22. The summed E-state index contributed by atoms with van der Waals surface area (Å²) in [7, 11) is 0. The van der Waals surface area contributed by atoms with Gasteiger partial charge in [0.05, 0.1) is 11.4 Å². The minimum absolute atomic E-state index is 0.219. The molecule has 0 aliphatic rings. The molecule has 0 radical (unpaired) electrons. The van der Waals surface area contributed by atoms with Crippen molar-refractivity contribution in [2.75, 3.05) is 0 Å². The van der Waals surface area contributed by atoms with Crippen LogP contribution in [0.1, 0.15) is 59.5 Å². The molecule has 242 valence electrons. The molecule has 0 bridgehead atoms. The smallest absolute Gasteiger partial charge is 0.345 e. The van der Waals surface area contributed by atoms with E-state index in [0.717, 1.165) is 51.6 Å². The van der Waals surface area contributed by atoms with E-state index >= 15 is 0 Å². The SMILES string of the molecule is CCc1c(-c2ccc3c(ccn3CC)c2)[nH]c(=O)c(C(=O)O)c1O.CCc1cc(C(=O)O)c(=O)[nH]c1-c1ccc2c(ccn2CC)c1. The molecule has 0 saturated carbocycles. The van der Waals surface area contributed by atoms with Crippen LogP contribution in [0.4, 0.5) is 0 Å². The van der Waals surface area contributed by atoms with Crippen molar-refractivity contribution in [1.29, 1.82) is 0 Å². The van der Waals surface area contributed by atoms with Gasteiger partial charge in [0.2, 0.25) is 0 Å². The molecule has 4 heterocycles. The monoisotopic (exact) mass is 636 g/mol. The molecule has 47 heavy (non-hydrogen) atoms. The molecule has 4 aromatic heterocycles. The summed E-state index contributed by atoms with van der Waals surface area (Å²) in [6.07, 6.45) is 5.06. The standard InChI is InChI=1S/C18H18N2O4.C18H18N2O3/c1-3-12-15(19-17(22)14(16(12)21)18(23)24)11-5-6-13-10(9-11)7-8-20(13)4-2;1-3-11-10-14(18(22)23)17(21)19-16(11)13-5-6-15-12(9-13)7-8-20(15)4-2/h5-9H,3-4H2,1-2H3,(H,23,24)(H2,19,21,22);5-10H,3-4H2,1-2H3,(H,19,21)(H,22,23). The Bertz CT molecular complexity index is 2270. The van der Waals surface area contributed by atoms with Crippen molar-refractivity contribution in [3.05, 3.63) is 110 Å². The van der Waals surface area contributed by atoms with Gasteiger partial charge in [-0.05, 0) is 85.8 Å². The number of pyridine rings is 2. The van der Waals surface area contributed by atoms with Crippen molar-refractivity contribution >= 4 is 33.7 Å². The second kappa shape index (κ2) is 13.3. The third kappa shape index (κ3) is 6.07. The Labute approximate surface area is 269 Å². The van der Waals surface area contributed by atoms with E-state index in [2.05, 4.69) is 32.9 Å². The molecule has 0 atom stereocenters. The number of aromatic carboxylic acids is 2. The zero-order valence-electron chi connectivity index (χ0n) is 26.5. The van der Waals surface area contributed by atoms with Gasteiger partial charge in [-0.3, -0.25) is 9.59 Å². The Hall–Kier alpha value is -5.84. The zero-order chi connectivity index (χ0) is 34.0. The average Bonchev–Trinajstić information content (AvgIpc) is 3.67. The summed E-state index contributed by atoms with van der Waals surface area (Å²) in [6, 6.07) is 17.2. The Morgan fingerprint density at radius 1 is 0.681 bits per heavy atom. The van der Waals surface area contributed by atoms with Gasteiger partial charge < -0.3 is 34.4 Å². The molecule has 0 fully saturated rings. The van der Waals surface area contributed by atoms with Gasteiger partial charge in [-0.1, -0.05) is 26.0 Å². The van der Waals surface area contributed by atoms with E-state index in [0.29, 0.717) is 29.8 Å². The normalized spacial score (nSPS) is 11.1. The minimum Gasteiger partial charge on any atom is -0.506 e. The van der Waals surface area contributed by atoms with E-state index in [1.807, 2.05) is 67.8 Å². The highest BCUT2D eigenvalue weighted by molar-refractivity contribution is 5.93. The van der Waals surface area contributed by atoms with E-state index in [9.17, 15) is 24.3 Å². The minimum atomic E-state index is -1.44. The van der Waals surface area contributed by atoms with E-state index in [4.69, 9.17) is 10.2 Å². The van der Waals surface area contributed by atoms with Crippen molar-refractivity contribution < 1.29 is 24.9 Å². The zero-order valence-corrected chi connectivity index (χ0v) is 26.5. The van der Waals surface area contributed by atoms with Crippen LogP contribution in [0.5, 0.6) is 5.75 Å². The Morgan fingerprint density at radius 3 is 1.68 bits per heavy atom. The lowest BCUT2D eigenvalue weighted by Gasteiger charge is -2.12. The second-order valence-electron chi connectivity index (χ2n) is 11.0. The van der Waals surface area contributed by atoms with Crippen molar-refractivity contribution in [2.24, 2.45) is 0 Å². The lowest BCUT2D eigenvalue weighted by Crippen LogP contribution is -2.20. The third-order valence-corrected chi connectivity index (χ3v) is 8.39. The van der Waals surface area contributed by atoms with Gasteiger partial charge >= 0.3 is 11.9 Å². The Balaban J connectivity index is 0.000000185. The number of hydrogen-bond donors (Lipinski definition) is 5. The first-order chi connectivity index (χ1) is 22.5. The van der Waals surface area contributed by atoms with Crippen LogP contribution in [0.3, 0.4) is 0 Å². The molecule has 0 amide bonds. The van der Waals surface area contributed by atoms with Crippen molar-refractivity contribution in [3.8, 4) is 28.3 Å². The fourth-order valence-electron chi connectivity index (χ4n) is 5.95. The molecule has 5 N–H and O–H groups in total. The van der Waals surface area contributed by atoms with Crippen LogP contribution in [0.25, 0.3) is 44.3 Å². The number of fused-ring (bicyclic) bond motifs is 2. The van der Waals surface area contributed by atoms with Crippen molar-refractivity contribution in [1.82, 2.24) is 19.1 Å². The number of carboxylic acid groups (broad SMARTS) is 2. The van der Waals surface area contributed by atoms with Gasteiger partial charge in [0, 0.05) is 52.9 Å². The van der Waals surface area contributed by atoms with Crippen molar-refractivity contribution in [3.63, 3.8) is 0 Å². The van der Waals surface area contributed by atoms with Crippen LogP contribution in [-0.4, -0.2) is 46.4 Å². The number of benzene rings is 2. The number of nitrogens with one attached hydrogen (secondary N) is 2. The molecule has 6 aromatic rings. The van der Waals surface area contributed by atoms with Crippen LogP contribution in [-0.2, 0) is 25.9 Å². The van der Waals surface area contributed by atoms with Gasteiger partial charge in [0.15, 0.2) is 5.56 Å². The number of hydrogen-bond acceptors (Lipinski definition) is 5. The lowest BCUT2D eigenvalue weighted by atomic mass is 9.99. The Kier molecular flexibility index (Phi) is 9.18. The van der Waals surface area contributed by atoms with E-state index < -0.39 is 34.4 Å². The molecule has 6 rings (SSSR count).